The molecule has 0 bridgehead atoms. The van der Waals surface area contributed by atoms with Gasteiger partial charge in [-0.2, -0.15) is 0 Å². The largest absolute Gasteiger partial charge is 0.480 e. The van der Waals surface area contributed by atoms with E-state index in [9.17, 15) is 9.59 Å². The van der Waals surface area contributed by atoms with Gasteiger partial charge in [-0.3, -0.25) is 9.59 Å². The molecule has 1 aromatic rings. The SMILES string of the molecule is NC1COCC1C(=O)N(CC(=O)O)c1ccc(Cl)cc1. The normalized spacial score (nSPS) is 21.7. The lowest BCUT2D eigenvalue weighted by atomic mass is 10.0. The van der Waals surface area contributed by atoms with Crippen LogP contribution in [-0.2, 0) is 14.3 Å². The quantitative estimate of drug-likeness (QED) is 0.855. The second-order valence-corrected chi connectivity index (χ2v) is 5.04. The zero-order chi connectivity index (χ0) is 14.7. The number of anilines is 1. The molecule has 0 aliphatic carbocycles. The highest BCUT2D eigenvalue weighted by Crippen LogP contribution is 2.22. The van der Waals surface area contributed by atoms with Gasteiger partial charge in [-0.05, 0) is 24.3 Å². The van der Waals surface area contributed by atoms with Crippen molar-refractivity contribution in [3.63, 3.8) is 0 Å². The number of carbonyl (C=O) groups excluding carboxylic acids is 1. The molecule has 2 rings (SSSR count). The number of ether oxygens (including phenoxy) is 1. The van der Waals surface area contributed by atoms with Crippen molar-refractivity contribution in [3.05, 3.63) is 29.3 Å². The molecule has 0 spiro atoms. The second kappa shape index (κ2) is 6.21. The summed E-state index contributed by atoms with van der Waals surface area (Å²) in [6, 6.07) is 5.99. The van der Waals surface area contributed by atoms with E-state index in [1.807, 2.05) is 0 Å². The van der Waals surface area contributed by atoms with Crippen molar-refractivity contribution < 1.29 is 19.4 Å². The Bertz CT molecular complexity index is 506. The molecule has 0 saturated carbocycles. The van der Waals surface area contributed by atoms with Gasteiger partial charge in [0, 0.05) is 16.8 Å². The highest BCUT2D eigenvalue weighted by Gasteiger charge is 2.35. The summed E-state index contributed by atoms with van der Waals surface area (Å²) in [7, 11) is 0. The molecule has 1 aliphatic heterocycles. The first-order valence-electron chi connectivity index (χ1n) is 6.11. The number of carboxylic acids is 1. The Labute approximate surface area is 121 Å². The van der Waals surface area contributed by atoms with Crippen LogP contribution in [-0.4, -0.2) is 42.8 Å². The monoisotopic (exact) mass is 298 g/mol. The minimum absolute atomic E-state index is 0.212. The third-order valence-electron chi connectivity index (χ3n) is 3.14. The fraction of sp³-hybridized carbons (Fsp3) is 0.385. The highest BCUT2D eigenvalue weighted by atomic mass is 35.5. The molecule has 1 aliphatic rings. The number of amides is 1. The molecule has 1 aromatic carbocycles. The number of aliphatic carboxylic acids is 1. The first-order valence-corrected chi connectivity index (χ1v) is 6.49. The van der Waals surface area contributed by atoms with Gasteiger partial charge < -0.3 is 20.5 Å². The number of nitrogens with zero attached hydrogens (tertiary/aromatic N) is 1. The Morgan fingerprint density at radius 3 is 2.50 bits per heavy atom. The Balaban J connectivity index is 2.24. The lowest BCUT2D eigenvalue weighted by Crippen LogP contribution is -2.45. The van der Waals surface area contributed by atoms with E-state index in [4.69, 9.17) is 27.2 Å². The van der Waals surface area contributed by atoms with Crippen molar-refractivity contribution >= 4 is 29.2 Å². The summed E-state index contributed by atoms with van der Waals surface area (Å²) < 4.78 is 5.16. The van der Waals surface area contributed by atoms with Crippen LogP contribution in [0.25, 0.3) is 0 Å². The van der Waals surface area contributed by atoms with E-state index < -0.39 is 24.5 Å². The van der Waals surface area contributed by atoms with E-state index in [1.165, 1.54) is 4.90 Å². The van der Waals surface area contributed by atoms with Crippen LogP contribution in [0.3, 0.4) is 0 Å². The van der Waals surface area contributed by atoms with E-state index in [0.29, 0.717) is 17.3 Å². The maximum absolute atomic E-state index is 12.4. The maximum Gasteiger partial charge on any atom is 0.323 e. The molecule has 1 heterocycles. The van der Waals surface area contributed by atoms with Gasteiger partial charge in [0.25, 0.3) is 0 Å². The molecule has 0 aromatic heterocycles. The van der Waals surface area contributed by atoms with Crippen molar-refractivity contribution in [3.8, 4) is 0 Å². The molecule has 2 unspecified atom stereocenters. The Morgan fingerprint density at radius 1 is 1.35 bits per heavy atom. The van der Waals surface area contributed by atoms with E-state index in [0.717, 1.165) is 0 Å². The molecular weight excluding hydrogens is 284 g/mol. The van der Waals surface area contributed by atoms with Crippen molar-refractivity contribution in [2.45, 2.75) is 6.04 Å². The zero-order valence-electron chi connectivity index (χ0n) is 10.7. The minimum Gasteiger partial charge on any atom is -0.480 e. The van der Waals surface area contributed by atoms with Crippen molar-refractivity contribution in [2.75, 3.05) is 24.7 Å². The Morgan fingerprint density at radius 2 is 2.00 bits per heavy atom. The van der Waals surface area contributed by atoms with Crippen LogP contribution in [0.5, 0.6) is 0 Å². The second-order valence-electron chi connectivity index (χ2n) is 4.60. The Kier molecular flexibility index (Phi) is 4.59. The van der Waals surface area contributed by atoms with Gasteiger partial charge >= 0.3 is 5.97 Å². The zero-order valence-corrected chi connectivity index (χ0v) is 11.4. The Hall–Kier alpha value is -1.63. The highest BCUT2D eigenvalue weighted by molar-refractivity contribution is 6.30. The van der Waals surface area contributed by atoms with Gasteiger partial charge in [0.1, 0.15) is 6.54 Å². The van der Waals surface area contributed by atoms with Gasteiger partial charge in [-0.15, -0.1) is 0 Å². The van der Waals surface area contributed by atoms with Crippen LogP contribution in [0.4, 0.5) is 5.69 Å². The smallest absolute Gasteiger partial charge is 0.323 e. The van der Waals surface area contributed by atoms with Crippen LogP contribution in [0.2, 0.25) is 5.02 Å². The molecule has 0 radical (unpaired) electrons. The molecule has 3 N–H and O–H groups in total. The summed E-state index contributed by atoms with van der Waals surface area (Å²) in [6.07, 6.45) is 0. The molecular formula is C13H15ClN2O4. The summed E-state index contributed by atoms with van der Waals surface area (Å²) in [4.78, 5) is 24.6. The first kappa shape index (κ1) is 14.8. The number of nitrogens with two attached hydrogens (primary N) is 1. The van der Waals surface area contributed by atoms with Crippen molar-refractivity contribution in [2.24, 2.45) is 11.7 Å². The molecule has 1 saturated heterocycles. The summed E-state index contributed by atoms with van der Waals surface area (Å²) in [5, 5.41) is 9.49. The number of benzene rings is 1. The van der Waals surface area contributed by atoms with Crippen LogP contribution >= 0.6 is 11.6 Å². The predicted octanol–water partition coefficient (Wildman–Crippen LogP) is 0.731. The molecule has 6 nitrogen and oxygen atoms in total. The molecule has 2 atom stereocenters. The van der Waals surface area contributed by atoms with E-state index in [-0.39, 0.29) is 12.5 Å². The van der Waals surface area contributed by atoms with E-state index >= 15 is 0 Å². The lowest BCUT2D eigenvalue weighted by Gasteiger charge is -2.25. The lowest BCUT2D eigenvalue weighted by molar-refractivity contribution is -0.137. The van der Waals surface area contributed by atoms with Gasteiger partial charge in [0.2, 0.25) is 5.91 Å². The summed E-state index contributed by atoms with van der Waals surface area (Å²) in [5.41, 5.74) is 6.28. The number of carbonyl (C=O) groups is 2. The maximum atomic E-state index is 12.4. The standard InChI is InChI=1S/C13H15ClN2O4/c14-8-1-3-9(4-2-8)16(5-12(17)18)13(19)10-6-20-7-11(10)15/h1-4,10-11H,5-7,15H2,(H,17,18). The average molecular weight is 299 g/mol. The van der Waals surface area contributed by atoms with Crippen molar-refractivity contribution in [1.29, 1.82) is 0 Å². The third-order valence-corrected chi connectivity index (χ3v) is 3.39. The summed E-state index contributed by atoms with van der Waals surface area (Å²) >= 11 is 5.79. The molecule has 20 heavy (non-hydrogen) atoms. The van der Waals surface area contributed by atoms with Gasteiger partial charge in [-0.25, -0.2) is 0 Å². The average Bonchev–Trinajstić information content (AvgIpc) is 2.82. The van der Waals surface area contributed by atoms with Gasteiger partial charge in [-0.1, -0.05) is 11.6 Å². The third kappa shape index (κ3) is 3.27. The van der Waals surface area contributed by atoms with Crippen LogP contribution in [0.1, 0.15) is 0 Å². The van der Waals surface area contributed by atoms with E-state index in [2.05, 4.69) is 0 Å². The molecule has 1 amide bonds. The minimum atomic E-state index is -1.10. The number of hydrogen-bond acceptors (Lipinski definition) is 4. The molecule has 108 valence electrons. The number of carboxylic acid groups (broad SMARTS) is 1. The van der Waals surface area contributed by atoms with Crippen LogP contribution in [0.15, 0.2) is 24.3 Å². The number of rotatable bonds is 4. The number of hydrogen-bond donors (Lipinski definition) is 2. The summed E-state index contributed by atoms with van der Waals surface area (Å²) in [5.74, 6) is -1.97. The van der Waals surface area contributed by atoms with Gasteiger partial charge in [0.05, 0.1) is 19.1 Å². The summed E-state index contributed by atoms with van der Waals surface area (Å²) in [6.45, 7) is 0.0886. The number of halogens is 1. The van der Waals surface area contributed by atoms with Crippen LogP contribution in [0, 0.1) is 5.92 Å². The first-order chi connectivity index (χ1) is 9.49. The molecule has 7 heteroatoms. The predicted molar refractivity (Wildman–Crippen MR) is 73.7 cm³/mol. The van der Waals surface area contributed by atoms with E-state index in [1.54, 1.807) is 24.3 Å². The van der Waals surface area contributed by atoms with Gasteiger partial charge in [0.15, 0.2) is 0 Å². The topological polar surface area (TPSA) is 92.9 Å². The van der Waals surface area contributed by atoms with Crippen molar-refractivity contribution in [1.82, 2.24) is 0 Å². The fourth-order valence-electron chi connectivity index (χ4n) is 2.08. The fourth-order valence-corrected chi connectivity index (χ4v) is 2.20. The van der Waals surface area contributed by atoms with Crippen LogP contribution < -0.4 is 10.6 Å². The molecule has 1 fully saturated rings.